The van der Waals surface area contributed by atoms with Crippen molar-refractivity contribution in [3.05, 3.63) is 21.4 Å². The van der Waals surface area contributed by atoms with Gasteiger partial charge < -0.3 is 10.6 Å². The lowest BCUT2D eigenvalue weighted by atomic mass is 9.98. The van der Waals surface area contributed by atoms with Gasteiger partial charge in [-0.1, -0.05) is 12.8 Å². The molecule has 1 saturated carbocycles. The Hall–Kier alpha value is -1.89. The number of nitrogens with zero attached hydrogens (tertiary/aromatic N) is 1. The van der Waals surface area contributed by atoms with Crippen molar-refractivity contribution in [1.29, 1.82) is 0 Å². The smallest absolute Gasteiger partial charge is 0.325 e. The summed E-state index contributed by atoms with van der Waals surface area (Å²) in [5.41, 5.74) is 0.319. The highest BCUT2D eigenvalue weighted by Gasteiger charge is 2.52. The Morgan fingerprint density at radius 3 is 2.62 bits per heavy atom. The third kappa shape index (κ3) is 2.92. The van der Waals surface area contributed by atoms with Crippen LogP contribution in [0.15, 0.2) is 6.07 Å². The van der Waals surface area contributed by atoms with Crippen LogP contribution in [0.2, 0.25) is 0 Å². The van der Waals surface area contributed by atoms with E-state index >= 15 is 0 Å². The van der Waals surface area contributed by atoms with Gasteiger partial charge in [-0.25, -0.2) is 4.79 Å². The standard InChI is InChI=1S/C17H23N3O3S/c1-10-8-13(12(3)24-10)11(2)18-14(21)9-20-15(22)17(19-16(20)23)6-4-5-7-17/h8,11H,4-7,9H2,1-3H3,(H,18,21)(H,19,23)/t11-/m0/s1. The molecule has 1 aromatic rings. The van der Waals surface area contributed by atoms with Crippen LogP contribution in [0.25, 0.3) is 0 Å². The first-order valence-electron chi connectivity index (χ1n) is 8.33. The van der Waals surface area contributed by atoms with Crippen LogP contribution < -0.4 is 10.6 Å². The average molecular weight is 349 g/mol. The van der Waals surface area contributed by atoms with E-state index in [9.17, 15) is 14.4 Å². The molecule has 2 heterocycles. The third-order valence-electron chi connectivity index (χ3n) is 4.93. The van der Waals surface area contributed by atoms with Gasteiger partial charge >= 0.3 is 6.03 Å². The summed E-state index contributed by atoms with van der Waals surface area (Å²) >= 11 is 1.69. The normalized spacial score (nSPS) is 20.5. The molecular formula is C17H23N3O3S. The Bertz CT molecular complexity index is 691. The molecule has 0 bridgehead atoms. The van der Waals surface area contributed by atoms with Gasteiger partial charge in [-0.05, 0) is 45.2 Å². The molecule has 1 atom stereocenters. The number of carbonyl (C=O) groups excluding carboxylic acids is 3. The summed E-state index contributed by atoms with van der Waals surface area (Å²) in [4.78, 5) is 40.4. The molecule has 2 N–H and O–H groups in total. The summed E-state index contributed by atoms with van der Waals surface area (Å²) in [6.07, 6.45) is 3.19. The summed E-state index contributed by atoms with van der Waals surface area (Å²) in [5, 5.41) is 5.68. The van der Waals surface area contributed by atoms with Crippen LogP contribution >= 0.6 is 11.3 Å². The van der Waals surface area contributed by atoms with Crippen LogP contribution in [0.4, 0.5) is 4.79 Å². The molecule has 2 fully saturated rings. The van der Waals surface area contributed by atoms with Crippen LogP contribution in [0.5, 0.6) is 0 Å². The average Bonchev–Trinajstić information content (AvgIpc) is 3.16. The predicted octanol–water partition coefficient (Wildman–Crippen LogP) is 2.41. The van der Waals surface area contributed by atoms with Gasteiger partial charge in [0.2, 0.25) is 5.91 Å². The Morgan fingerprint density at radius 1 is 1.38 bits per heavy atom. The molecular weight excluding hydrogens is 326 g/mol. The second-order valence-electron chi connectivity index (χ2n) is 6.77. The molecule has 1 aliphatic carbocycles. The Balaban J connectivity index is 1.63. The first-order valence-corrected chi connectivity index (χ1v) is 9.14. The number of rotatable bonds is 4. The van der Waals surface area contributed by atoms with Crippen LogP contribution in [-0.2, 0) is 9.59 Å². The molecule has 1 spiro atoms. The maximum Gasteiger partial charge on any atom is 0.325 e. The summed E-state index contributed by atoms with van der Waals surface area (Å²) in [6, 6.07) is 1.46. The molecule has 7 heteroatoms. The Labute approximate surface area is 145 Å². The summed E-state index contributed by atoms with van der Waals surface area (Å²) in [5.74, 6) is -0.570. The molecule has 4 amide bonds. The van der Waals surface area contributed by atoms with Crippen LogP contribution in [-0.4, -0.2) is 34.8 Å². The number of carbonyl (C=O) groups is 3. The highest BCUT2D eigenvalue weighted by atomic mass is 32.1. The van der Waals surface area contributed by atoms with Gasteiger partial charge in [0.15, 0.2) is 0 Å². The van der Waals surface area contributed by atoms with Gasteiger partial charge in [0.1, 0.15) is 12.1 Å². The van der Waals surface area contributed by atoms with Crippen molar-refractivity contribution >= 4 is 29.2 Å². The Kier molecular flexibility index (Phi) is 4.38. The maximum absolute atomic E-state index is 12.6. The van der Waals surface area contributed by atoms with E-state index < -0.39 is 11.6 Å². The van der Waals surface area contributed by atoms with E-state index in [0.29, 0.717) is 12.8 Å². The minimum absolute atomic E-state index is 0.149. The van der Waals surface area contributed by atoms with E-state index in [-0.39, 0.29) is 24.4 Å². The fourth-order valence-corrected chi connectivity index (χ4v) is 4.75. The van der Waals surface area contributed by atoms with Crippen LogP contribution in [0.3, 0.4) is 0 Å². The molecule has 0 unspecified atom stereocenters. The highest BCUT2D eigenvalue weighted by molar-refractivity contribution is 7.12. The molecule has 6 nitrogen and oxygen atoms in total. The number of urea groups is 1. The highest BCUT2D eigenvalue weighted by Crippen LogP contribution is 2.35. The lowest BCUT2D eigenvalue weighted by Crippen LogP contribution is -2.45. The molecule has 0 aromatic carbocycles. The van der Waals surface area contributed by atoms with Crippen molar-refractivity contribution in [2.45, 2.75) is 58.0 Å². The predicted molar refractivity (Wildman–Crippen MR) is 91.8 cm³/mol. The van der Waals surface area contributed by atoms with Crippen LogP contribution in [0, 0.1) is 13.8 Å². The lowest BCUT2D eigenvalue weighted by Gasteiger charge is -2.20. The van der Waals surface area contributed by atoms with Gasteiger partial charge in [0.25, 0.3) is 5.91 Å². The largest absolute Gasteiger partial charge is 0.348 e. The molecule has 1 saturated heterocycles. The minimum Gasteiger partial charge on any atom is -0.348 e. The zero-order valence-corrected chi connectivity index (χ0v) is 15.1. The molecule has 1 aromatic heterocycles. The number of hydrogen-bond donors (Lipinski definition) is 2. The second kappa shape index (κ2) is 6.20. The van der Waals surface area contributed by atoms with Crippen molar-refractivity contribution in [3.63, 3.8) is 0 Å². The van der Waals surface area contributed by atoms with E-state index in [0.717, 1.165) is 23.3 Å². The van der Waals surface area contributed by atoms with Crippen molar-refractivity contribution in [2.75, 3.05) is 6.54 Å². The van der Waals surface area contributed by atoms with Crippen molar-refractivity contribution < 1.29 is 14.4 Å². The Morgan fingerprint density at radius 2 is 2.04 bits per heavy atom. The first kappa shape index (κ1) is 17.0. The first-order chi connectivity index (χ1) is 11.3. The zero-order chi connectivity index (χ0) is 17.5. The van der Waals surface area contributed by atoms with E-state index in [1.54, 1.807) is 11.3 Å². The monoisotopic (exact) mass is 349 g/mol. The zero-order valence-electron chi connectivity index (χ0n) is 14.3. The number of thiophene rings is 1. The minimum atomic E-state index is -0.760. The molecule has 130 valence electrons. The van der Waals surface area contributed by atoms with Gasteiger partial charge in [0.05, 0.1) is 6.04 Å². The number of amides is 4. The summed E-state index contributed by atoms with van der Waals surface area (Å²) in [7, 11) is 0. The van der Waals surface area contributed by atoms with Gasteiger partial charge in [-0.3, -0.25) is 14.5 Å². The van der Waals surface area contributed by atoms with Crippen LogP contribution in [0.1, 0.15) is 54.0 Å². The van der Waals surface area contributed by atoms with Gasteiger partial charge in [-0.15, -0.1) is 11.3 Å². The van der Waals surface area contributed by atoms with Crippen molar-refractivity contribution in [3.8, 4) is 0 Å². The molecule has 3 rings (SSSR count). The number of imide groups is 1. The fourth-order valence-electron chi connectivity index (χ4n) is 3.73. The van der Waals surface area contributed by atoms with E-state index in [1.807, 2.05) is 20.8 Å². The van der Waals surface area contributed by atoms with Gasteiger partial charge in [-0.2, -0.15) is 0 Å². The molecule has 24 heavy (non-hydrogen) atoms. The number of hydrogen-bond acceptors (Lipinski definition) is 4. The molecule has 2 aliphatic rings. The van der Waals surface area contributed by atoms with Crippen molar-refractivity contribution in [1.82, 2.24) is 15.5 Å². The molecule has 1 aliphatic heterocycles. The quantitative estimate of drug-likeness (QED) is 0.820. The maximum atomic E-state index is 12.6. The number of aryl methyl sites for hydroxylation is 2. The van der Waals surface area contributed by atoms with Gasteiger partial charge in [0, 0.05) is 9.75 Å². The van der Waals surface area contributed by atoms with E-state index in [1.165, 1.54) is 9.75 Å². The fraction of sp³-hybridized carbons (Fsp3) is 0.588. The second-order valence-corrected chi connectivity index (χ2v) is 8.23. The lowest BCUT2D eigenvalue weighted by molar-refractivity contribution is -0.135. The molecule has 0 radical (unpaired) electrons. The summed E-state index contributed by atoms with van der Waals surface area (Å²) in [6.45, 7) is 5.75. The van der Waals surface area contributed by atoms with Crippen molar-refractivity contribution in [2.24, 2.45) is 0 Å². The van der Waals surface area contributed by atoms with E-state index in [2.05, 4.69) is 16.7 Å². The topological polar surface area (TPSA) is 78.5 Å². The third-order valence-corrected chi connectivity index (χ3v) is 5.91. The SMILES string of the molecule is Cc1cc([C@H](C)NC(=O)CN2C(=O)NC3(CCCC3)C2=O)c(C)s1. The summed E-state index contributed by atoms with van der Waals surface area (Å²) < 4.78 is 0. The van der Waals surface area contributed by atoms with E-state index in [4.69, 9.17) is 0 Å². The number of nitrogens with one attached hydrogen (secondary N) is 2.